The number of rotatable bonds is 7. The van der Waals surface area contributed by atoms with E-state index in [4.69, 9.17) is 34.0 Å². The van der Waals surface area contributed by atoms with Crippen LogP contribution in [0.5, 0.6) is 11.5 Å². The van der Waals surface area contributed by atoms with Crippen LogP contribution < -0.4 is 9.47 Å². The maximum atomic E-state index is 13.0. The molecule has 11 heteroatoms. The second kappa shape index (κ2) is 14.3. The van der Waals surface area contributed by atoms with Crippen molar-refractivity contribution in [3.05, 3.63) is 23.8 Å². The summed E-state index contributed by atoms with van der Waals surface area (Å²) in [6.07, 6.45) is 3.14. The minimum atomic E-state index is -1.82. The van der Waals surface area contributed by atoms with Gasteiger partial charge in [-0.05, 0) is 63.9 Å². The number of carbonyl (C=O) groups excluding carboxylic acids is 2. The molecule has 200 valence electrons. The molecule has 1 aromatic rings. The zero-order chi connectivity index (χ0) is 26.7. The number of ether oxygens (including phenoxy) is 3. The Balaban J connectivity index is 0.000000678. The monoisotopic (exact) mass is 508 g/mol. The quantitative estimate of drug-likeness (QED) is 0.414. The van der Waals surface area contributed by atoms with Crippen molar-refractivity contribution >= 4 is 23.8 Å². The van der Waals surface area contributed by atoms with Gasteiger partial charge in [-0.25, -0.2) is 9.59 Å². The lowest BCUT2D eigenvalue weighted by molar-refractivity contribution is -0.159. The predicted octanol–water partition coefficient (Wildman–Crippen LogP) is 1.87. The number of amides is 1. The number of piperidine rings is 2. The summed E-state index contributed by atoms with van der Waals surface area (Å²) in [5.41, 5.74) is 1.10. The molecule has 3 rings (SSSR count). The van der Waals surface area contributed by atoms with Crippen LogP contribution in [0, 0.1) is 11.8 Å². The van der Waals surface area contributed by atoms with Gasteiger partial charge < -0.3 is 29.3 Å². The Kier molecular flexibility index (Phi) is 11.5. The molecule has 2 N–H and O–H groups in total. The Bertz CT molecular complexity index is 893. The lowest BCUT2D eigenvalue weighted by Gasteiger charge is -2.37. The van der Waals surface area contributed by atoms with Crippen LogP contribution in [-0.4, -0.2) is 90.8 Å². The van der Waals surface area contributed by atoms with E-state index in [0.717, 1.165) is 49.5 Å². The summed E-state index contributed by atoms with van der Waals surface area (Å²) in [7, 11) is 3.35. The lowest BCUT2D eigenvalue weighted by atomic mass is 9.92. The molecule has 0 saturated carbocycles. The molecule has 0 bridgehead atoms. The zero-order valence-electron chi connectivity index (χ0n) is 21.1. The van der Waals surface area contributed by atoms with E-state index < -0.39 is 11.9 Å². The average Bonchev–Trinajstić information content (AvgIpc) is 2.89. The fraction of sp³-hybridized carbons (Fsp3) is 0.600. The normalized spacial score (nSPS) is 16.9. The van der Waals surface area contributed by atoms with Crippen LogP contribution in [0.2, 0.25) is 0 Å². The van der Waals surface area contributed by atoms with E-state index in [-0.39, 0.29) is 23.7 Å². The number of aliphatic carboxylic acids is 2. The lowest BCUT2D eigenvalue weighted by Crippen LogP contribution is -2.46. The Morgan fingerprint density at radius 3 is 1.97 bits per heavy atom. The van der Waals surface area contributed by atoms with Gasteiger partial charge in [0, 0.05) is 31.1 Å². The van der Waals surface area contributed by atoms with Crippen molar-refractivity contribution in [3.63, 3.8) is 0 Å². The number of hydrogen-bond donors (Lipinski definition) is 2. The molecule has 2 heterocycles. The van der Waals surface area contributed by atoms with Gasteiger partial charge in [-0.3, -0.25) is 14.5 Å². The van der Waals surface area contributed by atoms with Crippen LogP contribution >= 0.6 is 0 Å². The van der Waals surface area contributed by atoms with Gasteiger partial charge in [0.15, 0.2) is 0 Å². The number of methoxy groups -OCH3 is 2. The maximum Gasteiger partial charge on any atom is 0.414 e. The third-order valence-corrected chi connectivity index (χ3v) is 6.43. The van der Waals surface area contributed by atoms with Crippen LogP contribution in [0.15, 0.2) is 18.2 Å². The smallest absolute Gasteiger partial charge is 0.414 e. The first-order chi connectivity index (χ1) is 17.2. The highest BCUT2D eigenvalue weighted by Crippen LogP contribution is 2.28. The summed E-state index contributed by atoms with van der Waals surface area (Å²) in [6, 6.07) is 5.85. The fourth-order valence-electron chi connectivity index (χ4n) is 4.44. The highest BCUT2D eigenvalue weighted by Gasteiger charge is 2.33. The first-order valence-corrected chi connectivity index (χ1v) is 12.0. The molecule has 0 spiro atoms. The van der Waals surface area contributed by atoms with Gasteiger partial charge in [0.1, 0.15) is 11.5 Å². The van der Waals surface area contributed by atoms with E-state index in [2.05, 4.69) is 4.90 Å². The molecule has 2 aliphatic rings. The molecule has 1 amide bonds. The van der Waals surface area contributed by atoms with Gasteiger partial charge in [-0.1, -0.05) is 0 Å². The third-order valence-electron chi connectivity index (χ3n) is 6.43. The van der Waals surface area contributed by atoms with Crippen molar-refractivity contribution < 1.29 is 43.6 Å². The molecule has 36 heavy (non-hydrogen) atoms. The number of nitrogens with zero attached hydrogens (tertiary/aromatic N) is 2. The molecule has 0 aromatic heterocycles. The first-order valence-electron chi connectivity index (χ1n) is 12.0. The van der Waals surface area contributed by atoms with Crippen molar-refractivity contribution in [2.75, 3.05) is 47.0 Å². The fourth-order valence-corrected chi connectivity index (χ4v) is 4.44. The highest BCUT2D eigenvalue weighted by atomic mass is 16.5. The van der Waals surface area contributed by atoms with Crippen molar-refractivity contribution in [1.29, 1.82) is 0 Å². The van der Waals surface area contributed by atoms with E-state index in [9.17, 15) is 9.59 Å². The van der Waals surface area contributed by atoms with Crippen molar-refractivity contribution in [2.24, 2.45) is 11.8 Å². The number of likely N-dealkylation sites (tertiary alicyclic amines) is 2. The first kappa shape index (κ1) is 28.9. The number of carboxylic acid groups (broad SMARTS) is 2. The Morgan fingerprint density at radius 2 is 1.47 bits per heavy atom. The molecular weight excluding hydrogens is 472 g/mol. The third kappa shape index (κ3) is 8.40. The standard InChI is InChI=1S/C23H34N2O5.C2H2O4/c1-4-30-23(27)18-9-13-25(14-10-18)22(26)17-7-11-24(12-8-17)16-19-15-20(28-2)5-6-21(19)29-3;3-1(4)2(5)6/h5-6,15,17-18H,4,7-14,16H2,1-3H3;(H,3,4)(H,5,6). The maximum absolute atomic E-state index is 13.0. The van der Waals surface area contributed by atoms with E-state index in [1.165, 1.54) is 0 Å². The van der Waals surface area contributed by atoms with Crippen LogP contribution in [0.3, 0.4) is 0 Å². The Hall–Kier alpha value is -3.34. The predicted molar refractivity (Wildman–Crippen MR) is 129 cm³/mol. The minimum Gasteiger partial charge on any atom is -0.497 e. The largest absolute Gasteiger partial charge is 0.497 e. The summed E-state index contributed by atoms with van der Waals surface area (Å²) >= 11 is 0. The van der Waals surface area contributed by atoms with E-state index >= 15 is 0 Å². The van der Waals surface area contributed by atoms with Gasteiger partial charge in [-0.15, -0.1) is 0 Å². The van der Waals surface area contributed by atoms with Crippen molar-refractivity contribution in [3.8, 4) is 11.5 Å². The van der Waals surface area contributed by atoms with Crippen LogP contribution in [0.1, 0.15) is 38.2 Å². The number of hydrogen-bond acceptors (Lipinski definition) is 8. The molecule has 0 unspecified atom stereocenters. The summed E-state index contributed by atoms with van der Waals surface area (Å²) in [6.45, 7) is 6.11. The van der Waals surface area contributed by atoms with Gasteiger partial charge in [0.05, 0.1) is 26.7 Å². The number of esters is 1. The SMILES string of the molecule is CCOC(=O)C1CCN(C(=O)C2CCN(Cc3cc(OC)ccc3OC)CC2)CC1.O=C(O)C(=O)O. The molecular formula is C25H36N2O9. The van der Waals surface area contributed by atoms with E-state index in [0.29, 0.717) is 32.5 Å². The van der Waals surface area contributed by atoms with Gasteiger partial charge in [-0.2, -0.15) is 0 Å². The molecule has 0 radical (unpaired) electrons. The Morgan fingerprint density at radius 1 is 0.889 bits per heavy atom. The molecule has 1 aromatic carbocycles. The van der Waals surface area contributed by atoms with E-state index in [1.54, 1.807) is 14.2 Å². The number of benzene rings is 1. The molecule has 2 saturated heterocycles. The summed E-state index contributed by atoms with van der Waals surface area (Å²) in [5.74, 6) is -1.83. The summed E-state index contributed by atoms with van der Waals surface area (Å²) < 4.78 is 16.0. The van der Waals surface area contributed by atoms with Crippen LogP contribution in [0.4, 0.5) is 0 Å². The van der Waals surface area contributed by atoms with E-state index in [1.807, 2.05) is 30.0 Å². The van der Waals surface area contributed by atoms with Gasteiger partial charge >= 0.3 is 17.9 Å². The molecule has 11 nitrogen and oxygen atoms in total. The van der Waals surface area contributed by atoms with Crippen LogP contribution in [-0.2, 0) is 30.5 Å². The zero-order valence-corrected chi connectivity index (χ0v) is 21.1. The van der Waals surface area contributed by atoms with Crippen molar-refractivity contribution in [2.45, 2.75) is 39.2 Å². The molecule has 2 aliphatic heterocycles. The minimum absolute atomic E-state index is 0.0614. The second-order valence-electron chi connectivity index (χ2n) is 8.69. The summed E-state index contributed by atoms with van der Waals surface area (Å²) in [4.78, 5) is 47.4. The Labute approximate surface area is 210 Å². The topological polar surface area (TPSA) is 143 Å². The molecule has 2 fully saturated rings. The average molecular weight is 509 g/mol. The molecule has 0 aliphatic carbocycles. The van der Waals surface area contributed by atoms with Crippen molar-refractivity contribution in [1.82, 2.24) is 9.80 Å². The highest BCUT2D eigenvalue weighted by molar-refractivity contribution is 6.27. The second-order valence-corrected chi connectivity index (χ2v) is 8.69. The number of carbonyl (C=O) groups is 4. The molecule has 0 atom stereocenters. The summed E-state index contributed by atoms with van der Waals surface area (Å²) in [5, 5.41) is 14.8. The van der Waals surface area contributed by atoms with Gasteiger partial charge in [0.25, 0.3) is 0 Å². The van der Waals surface area contributed by atoms with Gasteiger partial charge in [0.2, 0.25) is 5.91 Å². The number of carboxylic acids is 2. The van der Waals surface area contributed by atoms with Crippen LogP contribution in [0.25, 0.3) is 0 Å².